The molecule has 1 amide bonds. The summed E-state index contributed by atoms with van der Waals surface area (Å²) in [6.07, 6.45) is 1.79. The minimum Gasteiger partial charge on any atom is -0.496 e. The van der Waals surface area contributed by atoms with Gasteiger partial charge in [-0.15, -0.1) is 0 Å². The molecule has 25 heavy (non-hydrogen) atoms. The molecule has 1 unspecified atom stereocenters. The van der Waals surface area contributed by atoms with Crippen molar-refractivity contribution in [3.05, 3.63) is 35.4 Å². The Labute approximate surface area is 146 Å². The first-order chi connectivity index (χ1) is 11.9. The van der Waals surface area contributed by atoms with E-state index < -0.39 is 5.97 Å². The van der Waals surface area contributed by atoms with Crippen molar-refractivity contribution in [2.45, 2.75) is 32.7 Å². The zero-order chi connectivity index (χ0) is 18.6. The molecule has 2 N–H and O–H groups in total. The molecule has 0 heterocycles. The largest absolute Gasteiger partial charge is 0.496 e. The first-order valence-electron chi connectivity index (χ1n) is 8.16. The average Bonchev–Trinajstić information content (AvgIpc) is 2.59. The Hall–Kier alpha value is -2.76. The molecule has 0 aliphatic rings. The lowest BCUT2D eigenvalue weighted by Gasteiger charge is -2.17. The molecule has 0 saturated carbocycles. The fourth-order valence-corrected chi connectivity index (χ4v) is 2.95. The molecule has 0 bridgehead atoms. The molecule has 0 saturated heterocycles. The van der Waals surface area contributed by atoms with Gasteiger partial charge in [-0.1, -0.05) is 13.3 Å². The summed E-state index contributed by atoms with van der Waals surface area (Å²) < 4.78 is 10.7. The van der Waals surface area contributed by atoms with Crippen LogP contribution < -0.4 is 14.8 Å². The number of carboxylic acids is 1. The maximum absolute atomic E-state index is 12.7. The molecular formula is C19H23NO5. The third-order valence-corrected chi connectivity index (χ3v) is 4.10. The number of benzene rings is 2. The summed E-state index contributed by atoms with van der Waals surface area (Å²) in [7, 11) is 2.98. The van der Waals surface area contributed by atoms with Crippen LogP contribution in [0.2, 0.25) is 0 Å². The lowest BCUT2D eigenvalue weighted by Crippen LogP contribution is -2.32. The molecule has 0 fully saturated rings. The normalized spacial score (nSPS) is 11.8. The van der Waals surface area contributed by atoms with Gasteiger partial charge in [-0.05, 0) is 37.6 Å². The van der Waals surface area contributed by atoms with Crippen LogP contribution in [0.25, 0.3) is 10.8 Å². The Morgan fingerprint density at radius 2 is 1.60 bits per heavy atom. The fourth-order valence-electron chi connectivity index (χ4n) is 2.95. The average molecular weight is 345 g/mol. The number of ether oxygens (including phenoxy) is 2. The molecule has 6 heteroatoms. The molecular weight excluding hydrogens is 322 g/mol. The smallest absolute Gasteiger partial charge is 0.336 e. The molecule has 0 radical (unpaired) electrons. The van der Waals surface area contributed by atoms with Gasteiger partial charge in [0.1, 0.15) is 11.5 Å². The molecule has 0 aromatic heterocycles. The van der Waals surface area contributed by atoms with E-state index in [1.54, 1.807) is 18.2 Å². The van der Waals surface area contributed by atoms with Crippen LogP contribution in [0.5, 0.6) is 11.5 Å². The number of carboxylic acid groups (broad SMARTS) is 1. The van der Waals surface area contributed by atoms with Crippen molar-refractivity contribution in [2.75, 3.05) is 14.2 Å². The van der Waals surface area contributed by atoms with E-state index in [1.807, 2.05) is 13.8 Å². The topological polar surface area (TPSA) is 84.9 Å². The maximum atomic E-state index is 12.7. The summed E-state index contributed by atoms with van der Waals surface area (Å²) in [4.78, 5) is 24.4. The summed E-state index contributed by atoms with van der Waals surface area (Å²) in [6, 6.07) is 6.23. The van der Waals surface area contributed by atoms with Crippen LogP contribution in [0.15, 0.2) is 24.3 Å². The molecule has 6 nitrogen and oxygen atoms in total. The summed E-state index contributed by atoms with van der Waals surface area (Å²) in [5, 5.41) is 13.3. The van der Waals surface area contributed by atoms with Crippen LogP contribution in [-0.2, 0) is 0 Å². The number of fused-ring (bicyclic) bond motifs is 1. The second-order valence-electron chi connectivity index (χ2n) is 5.85. The van der Waals surface area contributed by atoms with Crippen molar-refractivity contribution in [3.8, 4) is 11.5 Å². The SMILES string of the molecule is CCCC(C)NC(=O)c1ccc(OC)c2c(OC)ccc(C(=O)O)c12. The fraction of sp³-hybridized carbons (Fsp3) is 0.368. The maximum Gasteiger partial charge on any atom is 0.336 e. The molecule has 134 valence electrons. The zero-order valence-corrected chi connectivity index (χ0v) is 14.9. The molecule has 1 atom stereocenters. The van der Waals surface area contributed by atoms with Crippen molar-refractivity contribution < 1.29 is 24.2 Å². The Morgan fingerprint density at radius 3 is 2.08 bits per heavy atom. The van der Waals surface area contributed by atoms with E-state index >= 15 is 0 Å². The molecule has 2 aromatic rings. The quantitative estimate of drug-likeness (QED) is 0.802. The highest BCUT2D eigenvalue weighted by Gasteiger charge is 2.22. The number of methoxy groups -OCH3 is 2. The molecule has 0 spiro atoms. The molecule has 0 aliphatic carbocycles. The third kappa shape index (κ3) is 3.68. The summed E-state index contributed by atoms with van der Waals surface area (Å²) in [6.45, 7) is 3.96. The first-order valence-corrected chi connectivity index (χ1v) is 8.16. The van der Waals surface area contributed by atoms with E-state index in [4.69, 9.17) is 9.47 Å². The van der Waals surface area contributed by atoms with E-state index in [2.05, 4.69) is 5.32 Å². The van der Waals surface area contributed by atoms with Crippen LogP contribution in [-0.4, -0.2) is 37.2 Å². The predicted molar refractivity (Wildman–Crippen MR) is 95.8 cm³/mol. The number of hydrogen-bond acceptors (Lipinski definition) is 4. The molecule has 2 rings (SSSR count). The number of amides is 1. The Balaban J connectivity index is 2.72. The van der Waals surface area contributed by atoms with Crippen molar-refractivity contribution in [3.63, 3.8) is 0 Å². The second-order valence-corrected chi connectivity index (χ2v) is 5.85. The number of rotatable bonds is 7. The predicted octanol–water partition coefficient (Wildman–Crippen LogP) is 3.47. The first kappa shape index (κ1) is 18.6. The monoisotopic (exact) mass is 345 g/mol. The van der Waals surface area contributed by atoms with Gasteiger partial charge < -0.3 is 19.9 Å². The van der Waals surface area contributed by atoms with Crippen LogP contribution in [0, 0.1) is 0 Å². The van der Waals surface area contributed by atoms with Gasteiger partial charge in [0.2, 0.25) is 0 Å². The highest BCUT2D eigenvalue weighted by Crippen LogP contribution is 2.38. The standard InChI is InChI=1S/C19H23NO5/c1-5-6-11(2)20-18(21)12-7-9-14(24-3)17-15(25-4)10-8-13(16(12)17)19(22)23/h7-11H,5-6H2,1-4H3,(H,20,21)(H,22,23). The van der Waals surface area contributed by atoms with E-state index in [9.17, 15) is 14.7 Å². The summed E-state index contributed by atoms with van der Waals surface area (Å²) in [5.74, 6) is -0.526. The minimum atomic E-state index is -1.11. The summed E-state index contributed by atoms with van der Waals surface area (Å²) in [5.41, 5.74) is 0.318. The van der Waals surface area contributed by atoms with E-state index in [0.717, 1.165) is 12.8 Å². The van der Waals surface area contributed by atoms with Gasteiger partial charge in [-0.2, -0.15) is 0 Å². The van der Waals surface area contributed by atoms with Gasteiger partial charge in [0.15, 0.2) is 0 Å². The second kappa shape index (κ2) is 7.88. The highest BCUT2D eigenvalue weighted by molar-refractivity contribution is 6.17. The van der Waals surface area contributed by atoms with Gasteiger partial charge in [-0.25, -0.2) is 4.79 Å². The Morgan fingerprint density at radius 1 is 1.04 bits per heavy atom. The number of aromatic carboxylic acids is 1. The van der Waals surface area contributed by atoms with Gasteiger partial charge in [0.25, 0.3) is 5.91 Å². The number of carbonyl (C=O) groups is 2. The Kier molecular flexibility index (Phi) is 5.85. The van der Waals surface area contributed by atoms with Crippen LogP contribution in [0.3, 0.4) is 0 Å². The summed E-state index contributed by atoms with van der Waals surface area (Å²) >= 11 is 0. The number of carbonyl (C=O) groups excluding carboxylic acids is 1. The number of nitrogens with one attached hydrogen (secondary N) is 1. The highest BCUT2D eigenvalue weighted by atomic mass is 16.5. The third-order valence-electron chi connectivity index (χ3n) is 4.10. The van der Waals surface area contributed by atoms with Gasteiger partial charge in [-0.3, -0.25) is 4.79 Å². The lowest BCUT2D eigenvalue weighted by atomic mass is 9.96. The minimum absolute atomic E-state index is 0.00598. The van der Waals surface area contributed by atoms with Crippen LogP contribution in [0.4, 0.5) is 0 Å². The van der Waals surface area contributed by atoms with Gasteiger partial charge >= 0.3 is 5.97 Å². The van der Waals surface area contributed by atoms with Crippen molar-refractivity contribution >= 4 is 22.6 Å². The van der Waals surface area contributed by atoms with Crippen LogP contribution >= 0.6 is 0 Å². The van der Waals surface area contributed by atoms with Crippen molar-refractivity contribution in [1.29, 1.82) is 0 Å². The van der Waals surface area contributed by atoms with Crippen LogP contribution in [0.1, 0.15) is 47.4 Å². The van der Waals surface area contributed by atoms with E-state index in [1.165, 1.54) is 20.3 Å². The molecule has 0 aliphatic heterocycles. The lowest BCUT2D eigenvalue weighted by molar-refractivity contribution is 0.0699. The van der Waals surface area contributed by atoms with E-state index in [-0.39, 0.29) is 23.1 Å². The molecule has 2 aromatic carbocycles. The number of hydrogen-bond donors (Lipinski definition) is 2. The zero-order valence-electron chi connectivity index (χ0n) is 14.9. The van der Waals surface area contributed by atoms with Gasteiger partial charge in [0, 0.05) is 17.0 Å². The van der Waals surface area contributed by atoms with Crippen molar-refractivity contribution in [2.24, 2.45) is 0 Å². The van der Waals surface area contributed by atoms with E-state index in [0.29, 0.717) is 22.3 Å². The van der Waals surface area contributed by atoms with Gasteiger partial charge in [0.05, 0.1) is 25.2 Å². The Bertz CT molecular complexity index is 790. The van der Waals surface area contributed by atoms with Crippen molar-refractivity contribution in [1.82, 2.24) is 5.32 Å².